The van der Waals surface area contributed by atoms with Crippen LogP contribution in [0, 0.1) is 0 Å². The molecule has 0 aromatic rings. The van der Waals surface area contributed by atoms with Gasteiger partial charge in [-0.3, -0.25) is 5.48 Å². The van der Waals surface area contributed by atoms with Crippen LogP contribution in [-0.2, 0) is 4.84 Å². The van der Waals surface area contributed by atoms with Gasteiger partial charge in [-0.15, -0.1) is 0 Å². The third-order valence-corrected chi connectivity index (χ3v) is 0.882. The Kier molecular flexibility index (Phi) is 1.45. The standard InChI is InChI=1S/C4H9N3O/c1-3-6-4(2-5)8-7-3/h4H,2,5H2,1H3,(H,6,7). The van der Waals surface area contributed by atoms with Crippen LogP contribution >= 0.6 is 0 Å². The van der Waals surface area contributed by atoms with E-state index in [9.17, 15) is 0 Å². The number of hydrogen-bond donors (Lipinski definition) is 2. The van der Waals surface area contributed by atoms with Crippen LogP contribution in [0.4, 0.5) is 0 Å². The molecule has 0 saturated carbocycles. The van der Waals surface area contributed by atoms with Crippen molar-refractivity contribution in [2.75, 3.05) is 6.54 Å². The van der Waals surface area contributed by atoms with Gasteiger partial charge in [-0.2, -0.15) is 0 Å². The van der Waals surface area contributed by atoms with E-state index in [1.165, 1.54) is 0 Å². The van der Waals surface area contributed by atoms with Gasteiger partial charge in [0, 0.05) is 6.54 Å². The van der Waals surface area contributed by atoms with Crippen molar-refractivity contribution in [1.29, 1.82) is 0 Å². The van der Waals surface area contributed by atoms with E-state index < -0.39 is 0 Å². The van der Waals surface area contributed by atoms with E-state index in [-0.39, 0.29) is 6.23 Å². The van der Waals surface area contributed by atoms with Gasteiger partial charge < -0.3 is 5.73 Å². The molecule has 0 saturated heterocycles. The molecular weight excluding hydrogens is 106 g/mol. The van der Waals surface area contributed by atoms with E-state index in [0.717, 1.165) is 5.84 Å². The Morgan fingerprint density at radius 2 is 2.75 bits per heavy atom. The van der Waals surface area contributed by atoms with Crippen LogP contribution in [-0.4, -0.2) is 18.6 Å². The SMILES string of the molecule is CC1=NC(CN)ON1. The van der Waals surface area contributed by atoms with E-state index >= 15 is 0 Å². The second-order valence-electron chi connectivity index (χ2n) is 1.62. The van der Waals surface area contributed by atoms with Crippen LogP contribution in [0.15, 0.2) is 4.99 Å². The summed E-state index contributed by atoms with van der Waals surface area (Å²) in [5.74, 6) is 0.792. The normalized spacial score (nSPS) is 27.2. The average molecular weight is 115 g/mol. The minimum Gasteiger partial charge on any atom is -0.326 e. The molecule has 1 heterocycles. The minimum absolute atomic E-state index is 0.171. The summed E-state index contributed by atoms with van der Waals surface area (Å²) in [6, 6.07) is 0. The summed E-state index contributed by atoms with van der Waals surface area (Å²) in [4.78, 5) is 8.80. The van der Waals surface area contributed by atoms with Crippen LogP contribution in [0.5, 0.6) is 0 Å². The van der Waals surface area contributed by atoms with E-state index in [1.807, 2.05) is 6.92 Å². The van der Waals surface area contributed by atoms with Crippen molar-refractivity contribution < 1.29 is 4.84 Å². The highest BCUT2D eigenvalue weighted by atomic mass is 16.7. The van der Waals surface area contributed by atoms with Crippen LogP contribution in [0.3, 0.4) is 0 Å². The van der Waals surface area contributed by atoms with Crippen molar-refractivity contribution in [2.45, 2.75) is 13.2 Å². The zero-order valence-electron chi connectivity index (χ0n) is 4.72. The Bertz CT molecular complexity index is 112. The summed E-state index contributed by atoms with van der Waals surface area (Å²) in [7, 11) is 0. The maximum atomic E-state index is 5.22. The van der Waals surface area contributed by atoms with Crippen LogP contribution < -0.4 is 11.2 Å². The zero-order valence-corrected chi connectivity index (χ0v) is 4.72. The number of hydroxylamine groups is 1. The maximum absolute atomic E-state index is 5.22. The third kappa shape index (κ3) is 0.962. The molecule has 1 unspecified atom stereocenters. The Labute approximate surface area is 47.7 Å². The fraction of sp³-hybridized carbons (Fsp3) is 0.750. The Morgan fingerprint density at radius 1 is 2.00 bits per heavy atom. The van der Waals surface area contributed by atoms with E-state index in [4.69, 9.17) is 10.6 Å². The maximum Gasteiger partial charge on any atom is 0.189 e. The predicted octanol–water partition coefficient (Wildman–Crippen LogP) is -0.776. The van der Waals surface area contributed by atoms with Crippen LogP contribution in [0.25, 0.3) is 0 Å². The first-order valence-electron chi connectivity index (χ1n) is 2.49. The average Bonchev–Trinajstić information content (AvgIpc) is 2.14. The third-order valence-electron chi connectivity index (χ3n) is 0.882. The summed E-state index contributed by atoms with van der Waals surface area (Å²) in [6.07, 6.45) is -0.171. The summed E-state index contributed by atoms with van der Waals surface area (Å²) in [6.45, 7) is 2.26. The fourth-order valence-electron chi connectivity index (χ4n) is 0.523. The van der Waals surface area contributed by atoms with Gasteiger partial charge in [-0.1, -0.05) is 0 Å². The first kappa shape index (κ1) is 5.53. The topological polar surface area (TPSA) is 59.6 Å². The Morgan fingerprint density at radius 3 is 3.00 bits per heavy atom. The van der Waals surface area contributed by atoms with Gasteiger partial charge in [0.15, 0.2) is 6.23 Å². The van der Waals surface area contributed by atoms with Crippen molar-refractivity contribution in [3.63, 3.8) is 0 Å². The number of amidine groups is 1. The number of hydrogen-bond acceptors (Lipinski definition) is 4. The highest BCUT2D eigenvalue weighted by molar-refractivity contribution is 5.79. The highest BCUT2D eigenvalue weighted by Crippen LogP contribution is 1.95. The quantitative estimate of drug-likeness (QED) is 0.471. The van der Waals surface area contributed by atoms with Crippen LogP contribution in [0.1, 0.15) is 6.92 Å². The van der Waals surface area contributed by atoms with Crippen molar-refractivity contribution in [3.8, 4) is 0 Å². The molecule has 8 heavy (non-hydrogen) atoms. The zero-order chi connectivity index (χ0) is 5.98. The molecule has 46 valence electrons. The second-order valence-corrected chi connectivity index (χ2v) is 1.62. The molecule has 4 heteroatoms. The lowest BCUT2D eigenvalue weighted by molar-refractivity contribution is 0.0438. The van der Waals surface area contributed by atoms with E-state index in [2.05, 4.69) is 10.5 Å². The first-order chi connectivity index (χ1) is 3.83. The molecule has 0 aliphatic carbocycles. The molecule has 1 aliphatic heterocycles. The van der Waals surface area contributed by atoms with Gasteiger partial charge in [0.1, 0.15) is 5.84 Å². The first-order valence-corrected chi connectivity index (χ1v) is 2.49. The lowest BCUT2D eigenvalue weighted by atomic mass is 10.6. The van der Waals surface area contributed by atoms with Crippen molar-refractivity contribution in [3.05, 3.63) is 0 Å². The summed E-state index contributed by atoms with van der Waals surface area (Å²) in [5.41, 5.74) is 7.81. The van der Waals surface area contributed by atoms with E-state index in [0.29, 0.717) is 6.54 Å². The summed E-state index contributed by atoms with van der Waals surface area (Å²) in [5, 5.41) is 0. The van der Waals surface area contributed by atoms with Gasteiger partial charge in [0.2, 0.25) is 0 Å². The smallest absolute Gasteiger partial charge is 0.189 e. The van der Waals surface area contributed by atoms with Crippen molar-refractivity contribution in [1.82, 2.24) is 5.48 Å². The van der Waals surface area contributed by atoms with Crippen molar-refractivity contribution >= 4 is 5.84 Å². The number of nitrogens with two attached hydrogens (primary N) is 1. The predicted molar refractivity (Wildman–Crippen MR) is 30.2 cm³/mol. The fourth-order valence-corrected chi connectivity index (χ4v) is 0.523. The largest absolute Gasteiger partial charge is 0.326 e. The second kappa shape index (κ2) is 2.11. The molecule has 0 aromatic carbocycles. The molecule has 1 aliphatic rings. The monoisotopic (exact) mass is 115 g/mol. The summed E-state index contributed by atoms with van der Waals surface area (Å²) < 4.78 is 0. The molecular formula is C4H9N3O. The van der Waals surface area contributed by atoms with Crippen LogP contribution in [0.2, 0.25) is 0 Å². The molecule has 4 nitrogen and oxygen atoms in total. The highest BCUT2D eigenvalue weighted by Gasteiger charge is 2.10. The molecule has 0 fully saturated rings. The lowest BCUT2D eigenvalue weighted by Gasteiger charge is -1.98. The molecule has 1 rings (SSSR count). The molecule has 0 amide bonds. The molecule has 0 aromatic heterocycles. The number of aliphatic imine (C=N–C) groups is 1. The Hall–Kier alpha value is -0.610. The minimum atomic E-state index is -0.171. The summed E-state index contributed by atoms with van der Waals surface area (Å²) >= 11 is 0. The molecule has 1 atom stereocenters. The molecule has 0 radical (unpaired) electrons. The molecule has 3 N–H and O–H groups in total. The van der Waals surface area contributed by atoms with Gasteiger partial charge in [-0.25, -0.2) is 9.83 Å². The van der Waals surface area contributed by atoms with Crippen molar-refractivity contribution in [2.24, 2.45) is 10.7 Å². The Balaban J connectivity index is 2.41. The molecule has 0 bridgehead atoms. The van der Waals surface area contributed by atoms with E-state index in [1.54, 1.807) is 0 Å². The molecule has 0 spiro atoms. The van der Waals surface area contributed by atoms with Gasteiger partial charge >= 0.3 is 0 Å². The lowest BCUT2D eigenvalue weighted by Crippen LogP contribution is -2.21. The van der Waals surface area contributed by atoms with Gasteiger partial charge in [0.25, 0.3) is 0 Å². The van der Waals surface area contributed by atoms with Gasteiger partial charge in [-0.05, 0) is 6.92 Å². The van der Waals surface area contributed by atoms with Gasteiger partial charge in [0.05, 0.1) is 0 Å². The number of nitrogens with one attached hydrogen (secondary N) is 1. The number of rotatable bonds is 1. The number of nitrogens with zero attached hydrogens (tertiary/aromatic N) is 1.